The van der Waals surface area contributed by atoms with Crippen molar-refractivity contribution in [1.29, 1.82) is 5.26 Å². The van der Waals surface area contributed by atoms with E-state index < -0.39 is 15.6 Å². The zero-order valence-corrected chi connectivity index (χ0v) is 19.9. The van der Waals surface area contributed by atoms with Gasteiger partial charge in [-0.3, -0.25) is 4.79 Å². The Bertz CT molecular complexity index is 1460. The van der Waals surface area contributed by atoms with E-state index in [0.29, 0.717) is 11.1 Å². The summed E-state index contributed by atoms with van der Waals surface area (Å²) in [6, 6.07) is 13.7. The van der Waals surface area contributed by atoms with E-state index in [1.807, 2.05) is 38.1 Å². The Hall–Kier alpha value is -3.48. The fraction of sp³-hybridized carbons (Fsp3) is 0.320. The third kappa shape index (κ3) is 4.47. The zero-order chi connectivity index (χ0) is 24.5. The van der Waals surface area contributed by atoms with E-state index >= 15 is 0 Å². The minimum atomic E-state index is -3.83. The molecule has 9 heteroatoms. The monoisotopic (exact) mass is 479 g/mol. The lowest BCUT2D eigenvalue weighted by atomic mass is 10.0. The molecule has 0 N–H and O–H groups in total. The molecule has 2 aromatic carbocycles. The summed E-state index contributed by atoms with van der Waals surface area (Å²) in [5.74, 6) is -0.141. The Morgan fingerprint density at radius 1 is 1.09 bits per heavy atom. The molecular weight excluding hydrogens is 454 g/mol. The van der Waals surface area contributed by atoms with Gasteiger partial charge in [0.15, 0.2) is 0 Å². The Kier molecular flexibility index (Phi) is 6.55. The molecule has 4 rings (SSSR count). The predicted molar refractivity (Wildman–Crippen MR) is 127 cm³/mol. The molecule has 0 bridgehead atoms. The molecule has 1 fully saturated rings. The van der Waals surface area contributed by atoms with E-state index in [0.717, 1.165) is 16.5 Å². The number of hydrogen-bond donors (Lipinski definition) is 0. The molecule has 2 heterocycles. The first-order valence-corrected chi connectivity index (χ1v) is 12.5. The molecule has 0 unspecified atom stereocenters. The van der Waals surface area contributed by atoms with E-state index in [1.165, 1.54) is 16.4 Å². The van der Waals surface area contributed by atoms with Crippen molar-refractivity contribution in [3.05, 3.63) is 75.1 Å². The number of benzene rings is 2. The van der Waals surface area contributed by atoms with Crippen molar-refractivity contribution in [3.63, 3.8) is 0 Å². The molecule has 0 atom stereocenters. The quantitative estimate of drug-likeness (QED) is 0.520. The second kappa shape index (κ2) is 9.41. The molecular formula is C25H25N3O5S. The summed E-state index contributed by atoms with van der Waals surface area (Å²) in [5.41, 5.74) is 2.49. The standard InChI is InChI=1S/C25H25N3O5S/c1-17-7-8-20-18(2)21(25(30)33-22(20)15-17)9-10-24(29)27-11-13-28(14-12-27)34(31,32)23-6-4-3-5-19(23)16-26/h3-8,15H,9-14H2,1-2H3. The molecule has 0 saturated carbocycles. The molecule has 1 aliphatic heterocycles. The second-order valence-corrected chi connectivity index (χ2v) is 10.3. The lowest BCUT2D eigenvalue weighted by Crippen LogP contribution is -2.50. The number of sulfonamides is 1. The van der Waals surface area contributed by atoms with E-state index in [9.17, 15) is 23.3 Å². The van der Waals surface area contributed by atoms with Gasteiger partial charge in [0.2, 0.25) is 15.9 Å². The number of amides is 1. The maximum atomic E-state index is 13.0. The third-order valence-corrected chi connectivity index (χ3v) is 8.21. The van der Waals surface area contributed by atoms with Gasteiger partial charge in [-0.15, -0.1) is 0 Å². The number of carbonyl (C=O) groups excluding carboxylic acids is 1. The van der Waals surface area contributed by atoms with Crippen LogP contribution in [0.1, 0.15) is 28.7 Å². The molecule has 0 radical (unpaired) electrons. The van der Waals surface area contributed by atoms with Crippen molar-refractivity contribution in [2.24, 2.45) is 0 Å². The lowest BCUT2D eigenvalue weighted by molar-refractivity contribution is -0.132. The van der Waals surface area contributed by atoms with Crippen LogP contribution in [0.15, 0.2) is 56.6 Å². The lowest BCUT2D eigenvalue weighted by Gasteiger charge is -2.34. The summed E-state index contributed by atoms with van der Waals surface area (Å²) in [4.78, 5) is 26.9. The molecule has 1 aromatic heterocycles. The molecule has 1 aliphatic rings. The van der Waals surface area contributed by atoms with Gasteiger partial charge < -0.3 is 9.32 Å². The van der Waals surface area contributed by atoms with Gasteiger partial charge in [0.05, 0.1) is 10.5 Å². The first-order valence-electron chi connectivity index (χ1n) is 11.0. The van der Waals surface area contributed by atoms with Crippen LogP contribution in [-0.2, 0) is 21.2 Å². The number of hydrogen-bond acceptors (Lipinski definition) is 6. The van der Waals surface area contributed by atoms with E-state index in [-0.39, 0.29) is 55.4 Å². The molecule has 176 valence electrons. The number of fused-ring (bicyclic) bond motifs is 1. The smallest absolute Gasteiger partial charge is 0.339 e. The molecule has 0 aliphatic carbocycles. The van der Waals surface area contributed by atoms with Gasteiger partial charge in [0.1, 0.15) is 11.7 Å². The number of rotatable bonds is 5. The average Bonchev–Trinajstić information content (AvgIpc) is 2.83. The summed E-state index contributed by atoms with van der Waals surface area (Å²) >= 11 is 0. The molecule has 1 saturated heterocycles. The van der Waals surface area contributed by atoms with Crippen molar-refractivity contribution >= 4 is 26.9 Å². The highest BCUT2D eigenvalue weighted by atomic mass is 32.2. The van der Waals surface area contributed by atoms with Crippen molar-refractivity contribution in [1.82, 2.24) is 9.21 Å². The Balaban J connectivity index is 1.42. The number of nitrogens with zero attached hydrogens (tertiary/aromatic N) is 3. The molecule has 8 nitrogen and oxygen atoms in total. The van der Waals surface area contributed by atoms with Crippen LogP contribution < -0.4 is 5.63 Å². The van der Waals surface area contributed by atoms with Gasteiger partial charge in [-0.2, -0.15) is 9.57 Å². The molecule has 34 heavy (non-hydrogen) atoms. The van der Waals surface area contributed by atoms with E-state index in [4.69, 9.17) is 4.42 Å². The van der Waals surface area contributed by atoms with Gasteiger partial charge in [0, 0.05) is 43.5 Å². The van der Waals surface area contributed by atoms with Crippen molar-refractivity contribution in [2.45, 2.75) is 31.6 Å². The van der Waals surface area contributed by atoms with Crippen LogP contribution in [0.25, 0.3) is 11.0 Å². The summed E-state index contributed by atoms with van der Waals surface area (Å²) in [6.07, 6.45) is 0.387. The van der Waals surface area contributed by atoms with E-state index in [1.54, 1.807) is 17.0 Å². The first-order chi connectivity index (χ1) is 16.2. The highest BCUT2D eigenvalue weighted by molar-refractivity contribution is 7.89. The van der Waals surface area contributed by atoms with Gasteiger partial charge in [-0.05, 0) is 49.6 Å². The van der Waals surface area contributed by atoms with Gasteiger partial charge >= 0.3 is 5.63 Å². The topological polar surface area (TPSA) is 112 Å². The SMILES string of the molecule is Cc1ccc2c(C)c(CCC(=O)N3CCN(S(=O)(=O)c4ccccc4C#N)CC3)c(=O)oc2c1. The first kappa shape index (κ1) is 23.7. The molecule has 1 amide bonds. The third-order valence-electron chi connectivity index (χ3n) is 6.25. The van der Waals surface area contributed by atoms with Gasteiger partial charge in [-0.1, -0.05) is 24.3 Å². The van der Waals surface area contributed by atoms with Crippen molar-refractivity contribution < 1.29 is 17.6 Å². The summed E-state index contributed by atoms with van der Waals surface area (Å²) in [5, 5.41) is 10.1. The Morgan fingerprint density at radius 2 is 1.79 bits per heavy atom. The molecule has 0 spiro atoms. The summed E-state index contributed by atoms with van der Waals surface area (Å²) < 4.78 is 32.7. The van der Waals surface area contributed by atoms with Crippen LogP contribution in [0, 0.1) is 25.2 Å². The highest BCUT2D eigenvalue weighted by Gasteiger charge is 2.31. The summed E-state index contributed by atoms with van der Waals surface area (Å²) in [7, 11) is -3.83. The number of carbonyl (C=O) groups is 1. The largest absolute Gasteiger partial charge is 0.423 e. The summed E-state index contributed by atoms with van der Waals surface area (Å²) in [6.45, 7) is 4.56. The van der Waals surface area contributed by atoms with Crippen molar-refractivity contribution in [3.8, 4) is 6.07 Å². The van der Waals surface area contributed by atoms with Gasteiger partial charge in [-0.25, -0.2) is 13.2 Å². The zero-order valence-electron chi connectivity index (χ0n) is 19.1. The second-order valence-electron chi connectivity index (χ2n) is 8.39. The van der Waals surface area contributed by atoms with E-state index in [2.05, 4.69) is 0 Å². The van der Waals surface area contributed by atoms with Crippen molar-refractivity contribution in [2.75, 3.05) is 26.2 Å². The van der Waals surface area contributed by atoms with Crippen LogP contribution >= 0.6 is 0 Å². The minimum absolute atomic E-state index is 0.0222. The Labute approximate surface area is 198 Å². The van der Waals surface area contributed by atoms with Crippen LogP contribution in [0.2, 0.25) is 0 Å². The normalized spacial score (nSPS) is 14.8. The van der Waals surface area contributed by atoms with Crippen LogP contribution in [0.4, 0.5) is 0 Å². The van der Waals surface area contributed by atoms with Gasteiger partial charge in [0.25, 0.3) is 0 Å². The fourth-order valence-electron chi connectivity index (χ4n) is 4.28. The molecule has 3 aromatic rings. The highest BCUT2D eigenvalue weighted by Crippen LogP contribution is 2.23. The number of aryl methyl sites for hydroxylation is 2. The minimum Gasteiger partial charge on any atom is -0.423 e. The van der Waals surface area contributed by atoms with Crippen LogP contribution in [0.3, 0.4) is 0 Å². The van der Waals surface area contributed by atoms with Crippen LogP contribution in [-0.4, -0.2) is 49.7 Å². The average molecular weight is 480 g/mol. The maximum absolute atomic E-state index is 13.0. The maximum Gasteiger partial charge on any atom is 0.339 e. The number of nitriles is 1. The fourth-order valence-corrected chi connectivity index (χ4v) is 5.85. The predicted octanol–water partition coefficient (Wildman–Crippen LogP) is 2.75. The number of piperazine rings is 1. The Morgan fingerprint density at radius 3 is 2.50 bits per heavy atom. The van der Waals surface area contributed by atoms with Crippen LogP contribution in [0.5, 0.6) is 0 Å².